The molecule has 126 valence electrons. The number of ether oxygens (including phenoxy) is 1. The summed E-state index contributed by atoms with van der Waals surface area (Å²) in [6.07, 6.45) is 1.73. The first-order valence-corrected chi connectivity index (χ1v) is 8.48. The molecule has 1 N–H and O–H groups in total. The number of anilines is 1. The van der Waals surface area contributed by atoms with E-state index < -0.39 is 0 Å². The first-order chi connectivity index (χ1) is 12.2. The van der Waals surface area contributed by atoms with Gasteiger partial charge in [-0.3, -0.25) is 5.43 Å². The van der Waals surface area contributed by atoms with Crippen molar-refractivity contribution in [2.24, 2.45) is 5.10 Å². The van der Waals surface area contributed by atoms with E-state index in [1.165, 1.54) is 0 Å². The van der Waals surface area contributed by atoms with E-state index in [-0.39, 0.29) is 0 Å². The molecule has 25 heavy (non-hydrogen) atoms. The summed E-state index contributed by atoms with van der Waals surface area (Å²) in [5.41, 5.74) is 5.66. The summed E-state index contributed by atoms with van der Waals surface area (Å²) in [5.74, 6) is 0.729. The molecule has 0 aliphatic carbocycles. The Morgan fingerprint density at radius 3 is 2.48 bits per heavy atom. The fraction of sp³-hybridized carbons (Fsp3) is 0.0500. The lowest BCUT2D eigenvalue weighted by atomic mass is 10.2. The Kier molecular flexibility index (Phi) is 5.94. The Morgan fingerprint density at radius 1 is 0.920 bits per heavy atom. The van der Waals surface area contributed by atoms with Gasteiger partial charge in [-0.15, -0.1) is 0 Å². The number of hydrazone groups is 1. The highest BCUT2D eigenvalue weighted by atomic mass is 35.5. The van der Waals surface area contributed by atoms with Crippen LogP contribution in [0, 0.1) is 0 Å². The second-order valence-electron chi connectivity index (χ2n) is 5.30. The van der Waals surface area contributed by atoms with Crippen LogP contribution in [0.2, 0.25) is 10.0 Å². The van der Waals surface area contributed by atoms with Gasteiger partial charge in [0.2, 0.25) is 0 Å². The van der Waals surface area contributed by atoms with Gasteiger partial charge in [0, 0.05) is 21.2 Å². The average Bonchev–Trinajstić information content (AvgIpc) is 2.63. The van der Waals surface area contributed by atoms with E-state index in [9.17, 15) is 0 Å². The van der Waals surface area contributed by atoms with E-state index in [0.717, 1.165) is 22.6 Å². The minimum Gasteiger partial charge on any atom is -0.488 e. The first kappa shape index (κ1) is 17.3. The van der Waals surface area contributed by atoms with Gasteiger partial charge in [0.25, 0.3) is 0 Å². The Bertz CT molecular complexity index is 867. The Balaban J connectivity index is 1.68. The lowest BCUT2D eigenvalue weighted by Crippen LogP contribution is -1.99. The van der Waals surface area contributed by atoms with Gasteiger partial charge >= 0.3 is 0 Å². The second kappa shape index (κ2) is 8.56. The molecular formula is C20H16Cl2N2O. The smallest absolute Gasteiger partial charge is 0.128 e. The lowest BCUT2D eigenvalue weighted by Gasteiger charge is -2.10. The number of nitrogens with zero attached hydrogens (tertiary/aromatic N) is 1. The van der Waals surface area contributed by atoms with Gasteiger partial charge in [-0.05, 0) is 36.4 Å². The van der Waals surface area contributed by atoms with Gasteiger partial charge in [0.1, 0.15) is 12.4 Å². The van der Waals surface area contributed by atoms with Gasteiger partial charge in [-0.2, -0.15) is 5.10 Å². The van der Waals surface area contributed by atoms with Crippen molar-refractivity contribution < 1.29 is 4.74 Å². The van der Waals surface area contributed by atoms with E-state index in [1.807, 2.05) is 60.7 Å². The highest BCUT2D eigenvalue weighted by Gasteiger charge is 2.05. The molecule has 0 radical (unpaired) electrons. The first-order valence-electron chi connectivity index (χ1n) is 7.72. The topological polar surface area (TPSA) is 33.6 Å². The van der Waals surface area contributed by atoms with Crippen LogP contribution in [0.25, 0.3) is 0 Å². The molecule has 0 bridgehead atoms. The SMILES string of the molecule is Clc1ccc(COc2ccccc2/C=N\Nc2ccccc2)c(Cl)c1. The summed E-state index contributed by atoms with van der Waals surface area (Å²) >= 11 is 12.1. The maximum absolute atomic E-state index is 6.19. The van der Waals surface area contributed by atoms with Crippen LogP contribution < -0.4 is 10.2 Å². The number of halogens is 2. The van der Waals surface area contributed by atoms with Crippen LogP contribution in [-0.2, 0) is 6.61 Å². The number of hydrogen-bond donors (Lipinski definition) is 1. The molecule has 0 unspecified atom stereocenters. The molecule has 5 heteroatoms. The molecule has 3 aromatic carbocycles. The van der Waals surface area contributed by atoms with Gasteiger partial charge in [-0.1, -0.05) is 59.6 Å². The maximum Gasteiger partial charge on any atom is 0.128 e. The maximum atomic E-state index is 6.19. The Morgan fingerprint density at radius 2 is 1.68 bits per heavy atom. The highest BCUT2D eigenvalue weighted by molar-refractivity contribution is 6.35. The van der Waals surface area contributed by atoms with Crippen molar-refractivity contribution in [1.82, 2.24) is 0 Å². The van der Waals surface area contributed by atoms with Gasteiger partial charge < -0.3 is 4.74 Å². The van der Waals surface area contributed by atoms with Gasteiger partial charge in [0.05, 0.1) is 11.9 Å². The van der Waals surface area contributed by atoms with Crippen molar-refractivity contribution in [3.05, 3.63) is 94.0 Å². The normalized spacial score (nSPS) is 10.8. The third kappa shape index (κ3) is 4.99. The molecule has 0 atom stereocenters. The Hall–Kier alpha value is -2.49. The minimum atomic E-state index is 0.354. The molecular weight excluding hydrogens is 355 g/mol. The van der Waals surface area contributed by atoms with Crippen molar-refractivity contribution in [2.45, 2.75) is 6.61 Å². The summed E-state index contributed by atoms with van der Waals surface area (Å²) in [4.78, 5) is 0. The monoisotopic (exact) mass is 370 g/mol. The van der Waals surface area contributed by atoms with Crippen molar-refractivity contribution in [2.75, 3.05) is 5.43 Å². The standard InChI is InChI=1S/C20H16Cl2N2O/c21-17-11-10-16(19(22)12-17)14-25-20-9-5-4-6-15(20)13-23-24-18-7-2-1-3-8-18/h1-13,24H,14H2/b23-13-. The highest BCUT2D eigenvalue weighted by Crippen LogP contribution is 2.24. The number of benzene rings is 3. The number of para-hydroxylation sites is 2. The van der Waals surface area contributed by atoms with Crippen LogP contribution in [-0.4, -0.2) is 6.21 Å². The zero-order valence-corrected chi connectivity index (χ0v) is 14.8. The third-order valence-electron chi connectivity index (χ3n) is 3.49. The summed E-state index contributed by atoms with van der Waals surface area (Å²) < 4.78 is 5.90. The predicted octanol–water partition coefficient (Wildman–Crippen LogP) is 6.02. The molecule has 3 aromatic rings. The Labute approximate surface area is 156 Å². The minimum absolute atomic E-state index is 0.354. The van der Waals surface area contributed by atoms with E-state index in [0.29, 0.717) is 16.7 Å². The summed E-state index contributed by atoms with van der Waals surface area (Å²) in [6, 6.07) is 22.8. The van der Waals surface area contributed by atoms with Crippen molar-refractivity contribution in [3.63, 3.8) is 0 Å². The summed E-state index contributed by atoms with van der Waals surface area (Å²) in [6.45, 7) is 0.354. The van der Waals surface area contributed by atoms with Crippen LogP contribution in [0.1, 0.15) is 11.1 Å². The molecule has 0 aliphatic heterocycles. The zero-order valence-electron chi connectivity index (χ0n) is 13.3. The molecule has 0 spiro atoms. The van der Waals surface area contributed by atoms with Crippen LogP contribution in [0.4, 0.5) is 5.69 Å². The second-order valence-corrected chi connectivity index (χ2v) is 6.14. The van der Waals surface area contributed by atoms with Gasteiger partial charge in [-0.25, -0.2) is 0 Å². The fourth-order valence-electron chi connectivity index (χ4n) is 2.20. The van der Waals surface area contributed by atoms with E-state index in [4.69, 9.17) is 27.9 Å². The molecule has 0 saturated carbocycles. The average molecular weight is 371 g/mol. The molecule has 3 rings (SSSR count). The van der Waals surface area contributed by atoms with Crippen molar-refractivity contribution in [3.8, 4) is 5.75 Å². The summed E-state index contributed by atoms with van der Waals surface area (Å²) in [5, 5.41) is 5.45. The molecule has 0 amide bonds. The van der Waals surface area contributed by atoms with Crippen LogP contribution in [0.5, 0.6) is 5.75 Å². The predicted molar refractivity (Wildman–Crippen MR) is 105 cm³/mol. The van der Waals surface area contributed by atoms with E-state index in [1.54, 1.807) is 18.3 Å². The largest absolute Gasteiger partial charge is 0.488 e. The molecule has 0 fully saturated rings. The van der Waals surface area contributed by atoms with Crippen LogP contribution in [0.15, 0.2) is 77.9 Å². The van der Waals surface area contributed by atoms with Crippen LogP contribution in [0.3, 0.4) is 0 Å². The fourth-order valence-corrected chi connectivity index (χ4v) is 2.66. The van der Waals surface area contributed by atoms with E-state index in [2.05, 4.69) is 10.5 Å². The lowest BCUT2D eigenvalue weighted by molar-refractivity contribution is 0.306. The number of nitrogens with one attached hydrogen (secondary N) is 1. The number of rotatable bonds is 6. The quantitative estimate of drug-likeness (QED) is 0.425. The molecule has 0 aliphatic rings. The molecule has 0 aromatic heterocycles. The zero-order chi connectivity index (χ0) is 17.5. The number of hydrogen-bond acceptors (Lipinski definition) is 3. The van der Waals surface area contributed by atoms with Crippen molar-refractivity contribution >= 4 is 35.1 Å². The molecule has 0 heterocycles. The molecule has 0 saturated heterocycles. The third-order valence-corrected chi connectivity index (χ3v) is 4.08. The van der Waals surface area contributed by atoms with Crippen molar-refractivity contribution in [1.29, 1.82) is 0 Å². The van der Waals surface area contributed by atoms with Gasteiger partial charge in [0.15, 0.2) is 0 Å². The van der Waals surface area contributed by atoms with E-state index >= 15 is 0 Å². The summed E-state index contributed by atoms with van der Waals surface area (Å²) in [7, 11) is 0. The van der Waals surface area contributed by atoms with Crippen LogP contribution >= 0.6 is 23.2 Å². The molecule has 3 nitrogen and oxygen atoms in total.